The maximum absolute atomic E-state index is 12.5. The van der Waals surface area contributed by atoms with Crippen LogP contribution in [0.4, 0.5) is 0 Å². The average molecular weight is 260 g/mol. The Kier molecular flexibility index (Phi) is 4.59. The van der Waals surface area contributed by atoms with Crippen LogP contribution in [0.3, 0.4) is 0 Å². The van der Waals surface area contributed by atoms with Gasteiger partial charge < -0.3 is 10.6 Å². The molecule has 1 fully saturated rings. The molecule has 1 aromatic carbocycles. The molecule has 104 valence electrons. The van der Waals surface area contributed by atoms with Crippen molar-refractivity contribution in [2.24, 2.45) is 5.73 Å². The van der Waals surface area contributed by atoms with E-state index in [0.29, 0.717) is 0 Å². The molecule has 3 nitrogen and oxygen atoms in total. The van der Waals surface area contributed by atoms with E-state index in [1.165, 1.54) is 18.4 Å². The highest BCUT2D eigenvalue weighted by Gasteiger charge is 2.28. The highest BCUT2D eigenvalue weighted by Crippen LogP contribution is 2.22. The molecule has 1 aromatic rings. The molecular formula is C16H24N2O. The van der Waals surface area contributed by atoms with E-state index in [1.807, 2.05) is 36.2 Å². The van der Waals surface area contributed by atoms with Crippen molar-refractivity contribution in [3.63, 3.8) is 0 Å². The Morgan fingerprint density at radius 3 is 2.47 bits per heavy atom. The van der Waals surface area contributed by atoms with E-state index in [0.717, 1.165) is 24.8 Å². The molecule has 0 bridgehead atoms. The first-order valence-corrected chi connectivity index (χ1v) is 7.25. The van der Waals surface area contributed by atoms with Gasteiger partial charge in [-0.3, -0.25) is 4.79 Å². The minimum Gasteiger partial charge on any atom is -0.337 e. The summed E-state index contributed by atoms with van der Waals surface area (Å²) in [6, 6.07) is 8.21. The number of carbonyl (C=O) groups is 1. The quantitative estimate of drug-likeness (QED) is 0.908. The summed E-state index contributed by atoms with van der Waals surface area (Å²) in [6.45, 7) is 2.12. The number of likely N-dealkylation sites (N-methyl/N-ethyl adjacent to an activating group) is 1. The number of hydrogen-bond donors (Lipinski definition) is 1. The number of aryl methyl sites for hydroxylation is 1. The predicted molar refractivity (Wildman–Crippen MR) is 78.1 cm³/mol. The lowest BCUT2D eigenvalue weighted by Gasteiger charge is -2.36. The predicted octanol–water partition coefficient (Wildman–Crippen LogP) is 2.59. The van der Waals surface area contributed by atoms with Crippen LogP contribution < -0.4 is 5.73 Å². The Labute approximate surface area is 115 Å². The maximum Gasteiger partial charge on any atom is 0.253 e. The van der Waals surface area contributed by atoms with Crippen molar-refractivity contribution in [1.29, 1.82) is 0 Å². The summed E-state index contributed by atoms with van der Waals surface area (Å²) in [7, 11) is 1.88. The van der Waals surface area contributed by atoms with Crippen LogP contribution in [0.25, 0.3) is 0 Å². The van der Waals surface area contributed by atoms with Crippen LogP contribution in [0.5, 0.6) is 0 Å². The first kappa shape index (κ1) is 14.1. The zero-order valence-electron chi connectivity index (χ0n) is 11.9. The van der Waals surface area contributed by atoms with Crippen LogP contribution in [0, 0.1) is 0 Å². The number of carbonyl (C=O) groups excluding carboxylic acids is 1. The third-order valence-corrected chi connectivity index (χ3v) is 4.21. The standard InChI is InChI=1S/C16H24N2O/c1-3-12-8-10-13(11-9-12)16(19)18(2)15-7-5-4-6-14(15)17/h8-11,14-15H,3-7,17H2,1-2H3. The van der Waals surface area contributed by atoms with E-state index in [2.05, 4.69) is 6.92 Å². The van der Waals surface area contributed by atoms with Gasteiger partial charge in [0, 0.05) is 24.7 Å². The summed E-state index contributed by atoms with van der Waals surface area (Å²) in [5, 5.41) is 0. The van der Waals surface area contributed by atoms with Crippen LogP contribution in [0.15, 0.2) is 24.3 Å². The van der Waals surface area contributed by atoms with E-state index in [1.54, 1.807) is 0 Å². The fraction of sp³-hybridized carbons (Fsp3) is 0.562. The third kappa shape index (κ3) is 3.16. The molecule has 0 aliphatic heterocycles. The number of nitrogens with two attached hydrogens (primary N) is 1. The Morgan fingerprint density at radius 2 is 1.89 bits per heavy atom. The van der Waals surface area contributed by atoms with E-state index >= 15 is 0 Å². The van der Waals surface area contributed by atoms with Gasteiger partial charge in [-0.25, -0.2) is 0 Å². The molecule has 2 rings (SSSR count). The zero-order valence-corrected chi connectivity index (χ0v) is 11.9. The van der Waals surface area contributed by atoms with Crippen molar-refractivity contribution in [2.45, 2.75) is 51.1 Å². The normalized spacial score (nSPS) is 23.1. The highest BCUT2D eigenvalue weighted by molar-refractivity contribution is 5.94. The summed E-state index contributed by atoms with van der Waals surface area (Å²) in [4.78, 5) is 14.3. The fourth-order valence-corrected chi connectivity index (χ4v) is 2.86. The highest BCUT2D eigenvalue weighted by atomic mass is 16.2. The molecule has 3 heteroatoms. The van der Waals surface area contributed by atoms with E-state index < -0.39 is 0 Å². The Balaban J connectivity index is 2.08. The molecule has 0 aromatic heterocycles. The van der Waals surface area contributed by atoms with E-state index in [-0.39, 0.29) is 18.0 Å². The maximum atomic E-state index is 12.5. The number of nitrogens with zero attached hydrogens (tertiary/aromatic N) is 1. The van der Waals surface area contributed by atoms with Crippen LogP contribution >= 0.6 is 0 Å². The lowest BCUT2D eigenvalue weighted by Crippen LogP contribution is -2.50. The zero-order chi connectivity index (χ0) is 13.8. The molecule has 0 spiro atoms. The van der Waals surface area contributed by atoms with Gasteiger partial charge in [0.05, 0.1) is 0 Å². The van der Waals surface area contributed by atoms with Gasteiger partial charge >= 0.3 is 0 Å². The van der Waals surface area contributed by atoms with Gasteiger partial charge in [-0.15, -0.1) is 0 Å². The van der Waals surface area contributed by atoms with Gasteiger partial charge in [0.15, 0.2) is 0 Å². The monoisotopic (exact) mass is 260 g/mol. The second-order valence-corrected chi connectivity index (χ2v) is 5.48. The molecule has 1 aliphatic carbocycles. The van der Waals surface area contributed by atoms with E-state index in [4.69, 9.17) is 5.73 Å². The summed E-state index contributed by atoms with van der Waals surface area (Å²) < 4.78 is 0. The third-order valence-electron chi connectivity index (χ3n) is 4.21. The Morgan fingerprint density at radius 1 is 1.26 bits per heavy atom. The van der Waals surface area contributed by atoms with Crippen LogP contribution in [0.2, 0.25) is 0 Å². The van der Waals surface area contributed by atoms with Gasteiger partial charge in [-0.05, 0) is 37.0 Å². The largest absolute Gasteiger partial charge is 0.337 e. The van der Waals surface area contributed by atoms with Gasteiger partial charge in [-0.2, -0.15) is 0 Å². The van der Waals surface area contributed by atoms with Gasteiger partial charge in [0.1, 0.15) is 0 Å². The van der Waals surface area contributed by atoms with E-state index in [9.17, 15) is 4.79 Å². The van der Waals surface area contributed by atoms with Gasteiger partial charge in [0.2, 0.25) is 0 Å². The first-order chi connectivity index (χ1) is 9.13. The molecule has 0 radical (unpaired) electrons. The topological polar surface area (TPSA) is 46.3 Å². The molecule has 2 unspecified atom stereocenters. The molecule has 19 heavy (non-hydrogen) atoms. The first-order valence-electron chi connectivity index (χ1n) is 7.25. The molecule has 1 amide bonds. The van der Waals surface area contributed by atoms with Crippen LogP contribution in [0.1, 0.15) is 48.5 Å². The van der Waals surface area contributed by atoms with Crippen molar-refractivity contribution in [3.8, 4) is 0 Å². The van der Waals surface area contributed by atoms with Crippen molar-refractivity contribution in [2.75, 3.05) is 7.05 Å². The van der Waals surface area contributed by atoms with Crippen molar-refractivity contribution in [3.05, 3.63) is 35.4 Å². The summed E-state index contributed by atoms with van der Waals surface area (Å²) in [6.07, 6.45) is 5.40. The molecule has 2 atom stereocenters. The number of benzene rings is 1. The Hall–Kier alpha value is -1.35. The fourth-order valence-electron chi connectivity index (χ4n) is 2.86. The lowest BCUT2D eigenvalue weighted by molar-refractivity contribution is 0.0672. The number of rotatable bonds is 3. The number of amides is 1. The van der Waals surface area contributed by atoms with Crippen LogP contribution in [-0.4, -0.2) is 29.9 Å². The minimum absolute atomic E-state index is 0.0880. The van der Waals surface area contributed by atoms with Crippen molar-refractivity contribution >= 4 is 5.91 Å². The molecule has 0 heterocycles. The molecule has 2 N–H and O–H groups in total. The van der Waals surface area contributed by atoms with Gasteiger partial charge in [0.25, 0.3) is 5.91 Å². The second kappa shape index (κ2) is 6.20. The second-order valence-electron chi connectivity index (χ2n) is 5.48. The molecule has 0 saturated heterocycles. The van der Waals surface area contributed by atoms with Gasteiger partial charge in [-0.1, -0.05) is 31.9 Å². The average Bonchev–Trinajstić information content (AvgIpc) is 2.46. The Bertz CT molecular complexity index is 427. The smallest absolute Gasteiger partial charge is 0.253 e. The molecular weight excluding hydrogens is 236 g/mol. The summed E-state index contributed by atoms with van der Waals surface area (Å²) in [5.41, 5.74) is 8.17. The van der Waals surface area contributed by atoms with Crippen molar-refractivity contribution < 1.29 is 4.79 Å². The SMILES string of the molecule is CCc1ccc(C(=O)N(C)C2CCCCC2N)cc1. The molecule has 1 aliphatic rings. The molecule has 1 saturated carbocycles. The van der Waals surface area contributed by atoms with Crippen LogP contribution in [-0.2, 0) is 6.42 Å². The lowest BCUT2D eigenvalue weighted by atomic mass is 9.90. The number of hydrogen-bond acceptors (Lipinski definition) is 2. The van der Waals surface area contributed by atoms with Crippen molar-refractivity contribution in [1.82, 2.24) is 4.90 Å². The summed E-state index contributed by atoms with van der Waals surface area (Å²) >= 11 is 0. The summed E-state index contributed by atoms with van der Waals surface area (Å²) in [5.74, 6) is 0.0880. The minimum atomic E-state index is 0.0880.